The Hall–Kier alpha value is -3.15. The number of methoxy groups -OCH3 is 1. The highest BCUT2D eigenvalue weighted by atomic mass is 19.1. The molecule has 0 aliphatic carbocycles. The summed E-state index contributed by atoms with van der Waals surface area (Å²) < 4.78 is 23.6. The first kappa shape index (κ1) is 16.7. The number of hydrogen-bond acceptors (Lipinski definition) is 4. The zero-order valence-corrected chi connectivity index (χ0v) is 13.5. The van der Waals surface area contributed by atoms with Gasteiger partial charge in [-0.1, -0.05) is 18.2 Å². The molecular formula is C19H16FNO4. The molecule has 0 atom stereocenters. The van der Waals surface area contributed by atoms with E-state index in [2.05, 4.69) is 5.32 Å². The number of nitrogens with one attached hydrogen (secondary N) is 1. The van der Waals surface area contributed by atoms with Gasteiger partial charge in [-0.2, -0.15) is 0 Å². The first-order valence-corrected chi connectivity index (χ1v) is 7.72. The maximum atomic E-state index is 13.3. The number of carbonyl (C=O) groups is 1. The van der Waals surface area contributed by atoms with Gasteiger partial charge in [0.25, 0.3) is 5.91 Å². The minimum absolute atomic E-state index is 0.150. The number of para-hydroxylation sites is 1. The summed E-state index contributed by atoms with van der Waals surface area (Å²) >= 11 is 0. The highest BCUT2D eigenvalue weighted by Crippen LogP contribution is 2.17. The smallest absolute Gasteiger partial charge is 0.344 e. The molecule has 0 unspecified atom stereocenters. The lowest BCUT2D eigenvalue weighted by Gasteiger charge is -2.09. The van der Waals surface area contributed by atoms with Crippen LogP contribution in [0.3, 0.4) is 0 Å². The van der Waals surface area contributed by atoms with Gasteiger partial charge in [0.15, 0.2) is 5.76 Å². The Bertz CT molecular complexity index is 981. The van der Waals surface area contributed by atoms with E-state index in [9.17, 15) is 14.0 Å². The Balaban J connectivity index is 1.73. The van der Waals surface area contributed by atoms with Crippen LogP contribution in [0.5, 0.6) is 5.75 Å². The second-order valence-electron chi connectivity index (χ2n) is 5.45. The third-order valence-corrected chi connectivity index (χ3v) is 3.82. The molecule has 3 rings (SSSR count). The van der Waals surface area contributed by atoms with Crippen molar-refractivity contribution >= 4 is 16.7 Å². The number of carbonyl (C=O) groups excluding carboxylic acids is 1. The van der Waals surface area contributed by atoms with E-state index in [1.165, 1.54) is 24.3 Å². The van der Waals surface area contributed by atoms with Crippen LogP contribution < -0.4 is 15.7 Å². The highest BCUT2D eigenvalue weighted by Gasteiger charge is 2.12. The Morgan fingerprint density at radius 3 is 2.80 bits per heavy atom. The van der Waals surface area contributed by atoms with Crippen LogP contribution in [0.4, 0.5) is 4.39 Å². The lowest BCUT2D eigenvalue weighted by atomic mass is 10.1. The number of amides is 1. The minimum atomic E-state index is -0.674. The van der Waals surface area contributed by atoms with Crippen molar-refractivity contribution in [2.24, 2.45) is 0 Å². The van der Waals surface area contributed by atoms with Crippen LogP contribution in [0.2, 0.25) is 0 Å². The highest BCUT2D eigenvalue weighted by molar-refractivity contribution is 5.95. The number of fused-ring (bicyclic) bond motifs is 1. The van der Waals surface area contributed by atoms with Crippen molar-refractivity contribution in [3.8, 4) is 5.75 Å². The Kier molecular flexibility index (Phi) is 4.79. The SMILES string of the molecule is COc1ccccc1CCNC(=O)c1cc2cc(F)ccc2c(=O)o1. The summed E-state index contributed by atoms with van der Waals surface area (Å²) in [5.41, 5.74) is 0.278. The average Bonchev–Trinajstić information content (AvgIpc) is 2.61. The van der Waals surface area contributed by atoms with Crippen LogP contribution in [0.25, 0.3) is 10.8 Å². The number of benzene rings is 2. The summed E-state index contributed by atoms with van der Waals surface area (Å²) in [4.78, 5) is 24.1. The fraction of sp³-hybridized carbons (Fsp3) is 0.158. The van der Waals surface area contributed by atoms with Gasteiger partial charge in [0.1, 0.15) is 11.6 Å². The third-order valence-electron chi connectivity index (χ3n) is 3.82. The van der Waals surface area contributed by atoms with Crippen molar-refractivity contribution in [2.45, 2.75) is 6.42 Å². The monoisotopic (exact) mass is 341 g/mol. The lowest BCUT2D eigenvalue weighted by Crippen LogP contribution is -2.26. The molecule has 0 saturated heterocycles. The van der Waals surface area contributed by atoms with Gasteiger partial charge in [-0.05, 0) is 47.7 Å². The van der Waals surface area contributed by atoms with Crippen LogP contribution in [0.1, 0.15) is 16.1 Å². The maximum Gasteiger partial charge on any atom is 0.344 e. The van der Waals surface area contributed by atoms with Crippen molar-refractivity contribution in [1.82, 2.24) is 5.32 Å². The summed E-state index contributed by atoms with van der Waals surface area (Å²) in [5.74, 6) is -0.425. The van der Waals surface area contributed by atoms with Crippen LogP contribution >= 0.6 is 0 Å². The molecule has 0 aliphatic rings. The van der Waals surface area contributed by atoms with Crippen LogP contribution in [0.15, 0.2) is 57.7 Å². The van der Waals surface area contributed by atoms with E-state index < -0.39 is 17.3 Å². The summed E-state index contributed by atoms with van der Waals surface area (Å²) in [5, 5.41) is 3.24. The molecule has 0 bridgehead atoms. The molecule has 0 saturated carbocycles. The molecule has 1 heterocycles. The van der Waals surface area contributed by atoms with E-state index in [1.807, 2.05) is 24.3 Å². The van der Waals surface area contributed by atoms with Gasteiger partial charge in [-0.3, -0.25) is 4.79 Å². The largest absolute Gasteiger partial charge is 0.496 e. The maximum absolute atomic E-state index is 13.3. The molecule has 0 fully saturated rings. The van der Waals surface area contributed by atoms with Crippen molar-refractivity contribution in [3.63, 3.8) is 0 Å². The van der Waals surface area contributed by atoms with Gasteiger partial charge < -0.3 is 14.5 Å². The van der Waals surface area contributed by atoms with Crippen molar-refractivity contribution < 1.29 is 18.3 Å². The van der Waals surface area contributed by atoms with Crippen LogP contribution in [-0.4, -0.2) is 19.6 Å². The van der Waals surface area contributed by atoms with Crippen molar-refractivity contribution in [2.75, 3.05) is 13.7 Å². The second-order valence-corrected chi connectivity index (χ2v) is 5.45. The number of ether oxygens (including phenoxy) is 1. The zero-order chi connectivity index (χ0) is 17.8. The van der Waals surface area contributed by atoms with E-state index in [1.54, 1.807) is 7.11 Å². The standard InChI is InChI=1S/C19H16FNO4/c1-24-16-5-3-2-4-12(16)8-9-21-18(22)17-11-13-10-14(20)6-7-15(13)19(23)25-17/h2-7,10-11H,8-9H2,1H3,(H,21,22). The molecule has 1 amide bonds. The lowest BCUT2D eigenvalue weighted by molar-refractivity contribution is 0.0922. The van der Waals surface area contributed by atoms with Gasteiger partial charge >= 0.3 is 5.63 Å². The Morgan fingerprint density at radius 1 is 1.20 bits per heavy atom. The van der Waals surface area contributed by atoms with E-state index in [-0.39, 0.29) is 11.1 Å². The average molecular weight is 341 g/mol. The third kappa shape index (κ3) is 3.68. The van der Waals surface area contributed by atoms with Gasteiger partial charge in [0, 0.05) is 6.54 Å². The van der Waals surface area contributed by atoms with Crippen molar-refractivity contribution in [1.29, 1.82) is 0 Å². The Morgan fingerprint density at radius 2 is 2.00 bits per heavy atom. The van der Waals surface area contributed by atoms with Gasteiger partial charge in [0.05, 0.1) is 12.5 Å². The molecule has 3 aromatic rings. The van der Waals surface area contributed by atoms with E-state index in [0.29, 0.717) is 18.4 Å². The van der Waals surface area contributed by atoms with Gasteiger partial charge in [-0.25, -0.2) is 9.18 Å². The predicted molar refractivity (Wildman–Crippen MR) is 91.5 cm³/mol. The first-order chi connectivity index (χ1) is 12.1. The molecule has 2 aromatic carbocycles. The first-order valence-electron chi connectivity index (χ1n) is 7.72. The molecule has 1 aromatic heterocycles. The Labute approximate surface area is 143 Å². The van der Waals surface area contributed by atoms with Crippen LogP contribution in [-0.2, 0) is 6.42 Å². The molecule has 25 heavy (non-hydrogen) atoms. The summed E-state index contributed by atoms with van der Waals surface area (Å²) in [6.07, 6.45) is 0.558. The molecule has 5 nitrogen and oxygen atoms in total. The molecule has 1 N–H and O–H groups in total. The number of halogens is 1. The molecule has 0 aliphatic heterocycles. The molecule has 128 valence electrons. The topological polar surface area (TPSA) is 68.5 Å². The second kappa shape index (κ2) is 7.17. The normalized spacial score (nSPS) is 10.6. The molecule has 0 spiro atoms. The fourth-order valence-corrected chi connectivity index (χ4v) is 2.58. The van der Waals surface area contributed by atoms with Crippen LogP contribution in [0, 0.1) is 5.82 Å². The zero-order valence-electron chi connectivity index (χ0n) is 13.5. The van der Waals surface area contributed by atoms with E-state index in [0.717, 1.165) is 11.3 Å². The molecule has 6 heteroatoms. The minimum Gasteiger partial charge on any atom is -0.496 e. The van der Waals surface area contributed by atoms with Crippen molar-refractivity contribution in [3.05, 3.63) is 76.1 Å². The number of rotatable bonds is 5. The van der Waals surface area contributed by atoms with Gasteiger partial charge in [0.2, 0.25) is 0 Å². The number of hydrogen-bond donors (Lipinski definition) is 1. The predicted octanol–water partition coefficient (Wildman–Crippen LogP) is 2.91. The quantitative estimate of drug-likeness (QED) is 0.775. The van der Waals surface area contributed by atoms with E-state index >= 15 is 0 Å². The summed E-state index contributed by atoms with van der Waals surface area (Å²) in [6.45, 7) is 0.337. The van der Waals surface area contributed by atoms with Gasteiger partial charge in [-0.15, -0.1) is 0 Å². The van der Waals surface area contributed by atoms with E-state index in [4.69, 9.17) is 9.15 Å². The summed E-state index contributed by atoms with van der Waals surface area (Å²) in [6, 6.07) is 12.6. The fourth-order valence-electron chi connectivity index (χ4n) is 2.58. The summed E-state index contributed by atoms with van der Waals surface area (Å²) in [7, 11) is 1.58. The molecular weight excluding hydrogens is 325 g/mol. The molecule has 0 radical (unpaired) electrons.